The number of aryl methyl sites for hydroxylation is 1. The van der Waals surface area contributed by atoms with Gasteiger partial charge in [0.1, 0.15) is 5.57 Å². The lowest BCUT2D eigenvalue weighted by Crippen LogP contribution is -2.54. The van der Waals surface area contributed by atoms with Crippen LogP contribution in [0.5, 0.6) is 17.2 Å². The number of hydrogen-bond acceptors (Lipinski definition) is 6. The molecule has 1 N–H and O–H groups in total. The molecule has 0 spiro atoms. The fourth-order valence-electron chi connectivity index (χ4n) is 3.17. The smallest absolute Gasteiger partial charge is 0.335 e. The minimum atomic E-state index is -0.800. The lowest BCUT2D eigenvalue weighted by molar-refractivity contribution is -0.122. The molecule has 0 radical (unpaired) electrons. The number of methoxy groups -OCH3 is 3. The van der Waals surface area contributed by atoms with E-state index >= 15 is 0 Å². The SMILES string of the molecule is CCc1ccc(N2C(=O)NC(=O)/C(=C/c3ccc(OC)c(OC)c3OC)C2=O)cc1. The molecule has 3 rings (SSSR count). The van der Waals surface area contributed by atoms with Gasteiger partial charge in [-0.3, -0.25) is 14.9 Å². The summed E-state index contributed by atoms with van der Waals surface area (Å²) in [5.74, 6) is -0.473. The highest BCUT2D eigenvalue weighted by Crippen LogP contribution is 2.40. The minimum absolute atomic E-state index is 0.209. The van der Waals surface area contributed by atoms with Crippen molar-refractivity contribution in [3.8, 4) is 17.2 Å². The van der Waals surface area contributed by atoms with E-state index in [9.17, 15) is 14.4 Å². The number of carbonyl (C=O) groups is 3. The Morgan fingerprint density at radius 2 is 1.57 bits per heavy atom. The van der Waals surface area contributed by atoms with Crippen LogP contribution in [0.3, 0.4) is 0 Å². The molecule has 156 valence electrons. The summed E-state index contributed by atoms with van der Waals surface area (Å²) in [6, 6.07) is 9.45. The van der Waals surface area contributed by atoms with Crippen molar-refractivity contribution in [3.05, 3.63) is 53.1 Å². The average Bonchev–Trinajstić information content (AvgIpc) is 2.76. The summed E-state index contributed by atoms with van der Waals surface area (Å²) in [5, 5.41) is 2.21. The van der Waals surface area contributed by atoms with Crippen LogP contribution in [0.25, 0.3) is 6.08 Å². The lowest BCUT2D eigenvalue weighted by atomic mass is 10.0. The van der Waals surface area contributed by atoms with Crippen LogP contribution in [0.1, 0.15) is 18.1 Å². The van der Waals surface area contributed by atoms with Crippen LogP contribution < -0.4 is 24.4 Å². The van der Waals surface area contributed by atoms with Crippen molar-refractivity contribution < 1.29 is 28.6 Å². The van der Waals surface area contributed by atoms with Gasteiger partial charge in [0.25, 0.3) is 11.8 Å². The monoisotopic (exact) mass is 410 g/mol. The van der Waals surface area contributed by atoms with Gasteiger partial charge < -0.3 is 14.2 Å². The zero-order valence-corrected chi connectivity index (χ0v) is 17.1. The number of ether oxygens (including phenoxy) is 3. The highest BCUT2D eigenvalue weighted by Gasteiger charge is 2.37. The molecule has 0 bridgehead atoms. The van der Waals surface area contributed by atoms with E-state index in [2.05, 4.69) is 5.32 Å². The van der Waals surface area contributed by atoms with E-state index < -0.39 is 17.8 Å². The third-order valence-electron chi connectivity index (χ3n) is 4.74. The van der Waals surface area contributed by atoms with Crippen LogP contribution in [0.15, 0.2) is 42.0 Å². The average molecular weight is 410 g/mol. The Balaban J connectivity index is 2.06. The van der Waals surface area contributed by atoms with Gasteiger partial charge in [-0.2, -0.15) is 0 Å². The number of urea groups is 1. The van der Waals surface area contributed by atoms with Gasteiger partial charge in [0.05, 0.1) is 27.0 Å². The van der Waals surface area contributed by atoms with Crippen LogP contribution in [-0.2, 0) is 16.0 Å². The number of nitrogens with one attached hydrogen (secondary N) is 1. The number of carbonyl (C=O) groups excluding carboxylic acids is 3. The van der Waals surface area contributed by atoms with Gasteiger partial charge in [-0.25, -0.2) is 9.69 Å². The van der Waals surface area contributed by atoms with Crippen LogP contribution in [-0.4, -0.2) is 39.2 Å². The normalized spacial score (nSPS) is 15.3. The number of anilines is 1. The van der Waals surface area contributed by atoms with Crippen molar-refractivity contribution in [2.24, 2.45) is 0 Å². The number of barbiturate groups is 1. The van der Waals surface area contributed by atoms with E-state index in [1.807, 2.05) is 19.1 Å². The lowest BCUT2D eigenvalue weighted by Gasteiger charge is -2.26. The molecule has 1 aliphatic heterocycles. The topological polar surface area (TPSA) is 94.2 Å². The van der Waals surface area contributed by atoms with Crippen LogP contribution in [0.4, 0.5) is 10.5 Å². The molecule has 0 unspecified atom stereocenters. The fourth-order valence-corrected chi connectivity index (χ4v) is 3.17. The predicted molar refractivity (Wildman–Crippen MR) is 111 cm³/mol. The Kier molecular flexibility index (Phi) is 6.06. The largest absolute Gasteiger partial charge is 0.493 e. The molecule has 1 aliphatic rings. The summed E-state index contributed by atoms with van der Waals surface area (Å²) in [6.45, 7) is 2.00. The molecule has 30 heavy (non-hydrogen) atoms. The first-order chi connectivity index (χ1) is 14.4. The second-order valence-corrected chi connectivity index (χ2v) is 6.40. The Labute approximate surface area is 174 Å². The molecule has 2 aromatic carbocycles. The van der Waals surface area contributed by atoms with Gasteiger partial charge in [0, 0.05) is 5.56 Å². The Hall–Kier alpha value is -3.81. The van der Waals surface area contributed by atoms with Crippen molar-refractivity contribution in [2.45, 2.75) is 13.3 Å². The van der Waals surface area contributed by atoms with Crippen molar-refractivity contribution in [3.63, 3.8) is 0 Å². The molecule has 4 amide bonds. The Morgan fingerprint density at radius 3 is 2.13 bits per heavy atom. The second-order valence-electron chi connectivity index (χ2n) is 6.40. The first-order valence-corrected chi connectivity index (χ1v) is 9.24. The quantitative estimate of drug-likeness (QED) is 0.581. The maximum Gasteiger partial charge on any atom is 0.335 e. The van der Waals surface area contributed by atoms with Crippen LogP contribution in [0.2, 0.25) is 0 Å². The molecule has 1 saturated heterocycles. The Morgan fingerprint density at radius 1 is 0.900 bits per heavy atom. The molecule has 1 heterocycles. The highest BCUT2D eigenvalue weighted by atomic mass is 16.5. The van der Waals surface area contributed by atoms with E-state index in [0.717, 1.165) is 16.9 Å². The summed E-state index contributed by atoms with van der Waals surface area (Å²) in [6.07, 6.45) is 2.18. The van der Waals surface area contributed by atoms with E-state index in [-0.39, 0.29) is 5.57 Å². The second kappa shape index (κ2) is 8.69. The molecular weight excluding hydrogens is 388 g/mol. The summed E-state index contributed by atoms with van der Waals surface area (Å²) < 4.78 is 16.0. The summed E-state index contributed by atoms with van der Waals surface area (Å²) >= 11 is 0. The Bertz CT molecular complexity index is 1030. The third-order valence-corrected chi connectivity index (χ3v) is 4.74. The minimum Gasteiger partial charge on any atom is -0.493 e. The number of benzene rings is 2. The van der Waals surface area contributed by atoms with Crippen molar-refractivity contribution >= 4 is 29.6 Å². The summed E-state index contributed by atoms with van der Waals surface area (Å²) in [7, 11) is 4.38. The molecule has 0 aliphatic carbocycles. The van der Waals surface area contributed by atoms with E-state index in [4.69, 9.17) is 14.2 Å². The van der Waals surface area contributed by atoms with Gasteiger partial charge in [-0.05, 0) is 42.3 Å². The molecule has 0 atom stereocenters. The van der Waals surface area contributed by atoms with Gasteiger partial charge >= 0.3 is 6.03 Å². The molecule has 1 fully saturated rings. The number of nitrogens with zero attached hydrogens (tertiary/aromatic N) is 1. The molecular formula is C22H22N2O6. The number of imide groups is 2. The zero-order valence-electron chi connectivity index (χ0n) is 17.1. The standard InChI is InChI=1S/C22H22N2O6/c1-5-13-6-9-15(10-7-13)24-21(26)16(20(25)23-22(24)27)12-14-8-11-17(28-2)19(30-4)18(14)29-3/h6-12H,5H2,1-4H3,(H,23,25,27)/b16-12-. The molecule has 8 nitrogen and oxygen atoms in total. The van der Waals surface area contributed by atoms with E-state index in [1.54, 1.807) is 24.3 Å². The van der Waals surface area contributed by atoms with Gasteiger partial charge in [-0.1, -0.05) is 19.1 Å². The van der Waals surface area contributed by atoms with Crippen molar-refractivity contribution in [2.75, 3.05) is 26.2 Å². The first kappa shape index (κ1) is 20.9. The summed E-state index contributed by atoms with van der Waals surface area (Å²) in [4.78, 5) is 38.8. The van der Waals surface area contributed by atoms with Crippen LogP contribution >= 0.6 is 0 Å². The maximum atomic E-state index is 13.1. The van der Waals surface area contributed by atoms with Crippen LogP contribution in [0, 0.1) is 0 Å². The van der Waals surface area contributed by atoms with Gasteiger partial charge in [0.2, 0.25) is 5.75 Å². The first-order valence-electron chi connectivity index (χ1n) is 9.24. The number of hydrogen-bond donors (Lipinski definition) is 1. The summed E-state index contributed by atoms with van der Waals surface area (Å²) in [5.41, 5.74) is 1.64. The zero-order chi connectivity index (χ0) is 21.8. The molecule has 0 aromatic heterocycles. The number of amides is 4. The van der Waals surface area contributed by atoms with Gasteiger partial charge in [-0.15, -0.1) is 0 Å². The molecule has 8 heteroatoms. The predicted octanol–water partition coefficient (Wildman–Crippen LogP) is 2.94. The van der Waals surface area contributed by atoms with Crippen molar-refractivity contribution in [1.29, 1.82) is 0 Å². The van der Waals surface area contributed by atoms with Gasteiger partial charge in [0.15, 0.2) is 11.5 Å². The van der Waals surface area contributed by atoms with Crippen molar-refractivity contribution in [1.82, 2.24) is 5.32 Å². The molecule has 2 aromatic rings. The highest BCUT2D eigenvalue weighted by molar-refractivity contribution is 6.39. The number of rotatable bonds is 6. The fraction of sp³-hybridized carbons (Fsp3) is 0.227. The molecule has 0 saturated carbocycles. The maximum absolute atomic E-state index is 13.1. The van der Waals surface area contributed by atoms with E-state index in [1.165, 1.54) is 27.4 Å². The van der Waals surface area contributed by atoms with E-state index in [0.29, 0.717) is 28.5 Å². The third kappa shape index (κ3) is 3.71.